The van der Waals surface area contributed by atoms with Crippen molar-refractivity contribution in [1.29, 1.82) is 0 Å². The van der Waals surface area contributed by atoms with Crippen LogP contribution in [0, 0.1) is 0 Å². The molecule has 2 aliphatic rings. The summed E-state index contributed by atoms with van der Waals surface area (Å²) in [4.78, 5) is 25.5. The molecule has 0 aromatic heterocycles. The summed E-state index contributed by atoms with van der Waals surface area (Å²) in [5, 5.41) is 12.7. The Labute approximate surface area is 113 Å². The van der Waals surface area contributed by atoms with Gasteiger partial charge >= 0.3 is 12.1 Å². The Morgan fingerprint density at radius 2 is 1.89 bits per heavy atom. The van der Waals surface area contributed by atoms with Crippen LogP contribution in [-0.4, -0.2) is 51.8 Å². The van der Waals surface area contributed by atoms with E-state index in [9.17, 15) is 14.7 Å². The van der Waals surface area contributed by atoms with Gasteiger partial charge in [-0.15, -0.1) is 0 Å². The number of nitrogens with one attached hydrogen (secondary N) is 1. The predicted octanol–water partition coefficient (Wildman–Crippen LogP) is 1.20. The van der Waals surface area contributed by atoms with Crippen LogP contribution >= 0.6 is 0 Å². The van der Waals surface area contributed by atoms with Gasteiger partial charge < -0.3 is 15.2 Å². The molecule has 0 aromatic rings. The molecule has 6 heteroatoms. The number of carboxylic acids is 1. The van der Waals surface area contributed by atoms with Crippen LogP contribution in [0.4, 0.5) is 4.79 Å². The van der Waals surface area contributed by atoms with Gasteiger partial charge in [0.15, 0.2) is 5.54 Å². The smallest absolute Gasteiger partial charge is 0.411 e. The molecular weight excluding hydrogens is 248 g/mol. The number of carbonyl (C=O) groups excluding carboxylic acids is 1. The fraction of sp³-hybridized carbons (Fsp3) is 0.846. The molecule has 1 amide bonds. The highest BCUT2D eigenvalue weighted by Crippen LogP contribution is 2.44. The van der Waals surface area contributed by atoms with E-state index in [0.29, 0.717) is 19.4 Å². The van der Waals surface area contributed by atoms with Gasteiger partial charge in [0.1, 0.15) is 5.60 Å². The Bertz CT molecular complexity index is 417. The van der Waals surface area contributed by atoms with Gasteiger partial charge in [-0.25, -0.2) is 9.59 Å². The van der Waals surface area contributed by atoms with Crippen LogP contribution in [0.3, 0.4) is 0 Å². The van der Waals surface area contributed by atoms with Crippen molar-refractivity contribution < 1.29 is 19.4 Å². The van der Waals surface area contributed by atoms with Crippen molar-refractivity contribution in [3.63, 3.8) is 0 Å². The van der Waals surface area contributed by atoms with E-state index in [-0.39, 0.29) is 6.54 Å². The van der Waals surface area contributed by atoms with Crippen molar-refractivity contribution in [3.05, 3.63) is 0 Å². The molecule has 2 saturated heterocycles. The van der Waals surface area contributed by atoms with Gasteiger partial charge in [0.2, 0.25) is 0 Å². The first-order chi connectivity index (χ1) is 8.61. The topological polar surface area (TPSA) is 78.9 Å². The normalized spacial score (nSPS) is 34.2. The standard InChI is InChI=1S/C13H22N2O4/c1-11(2,3)19-10(18)15-12(4)5-6-13(15,9(16)17)8-14-7-12/h14H,5-8H2,1-4H3,(H,16,17). The van der Waals surface area contributed by atoms with Crippen molar-refractivity contribution in [3.8, 4) is 0 Å². The molecule has 108 valence electrons. The lowest BCUT2D eigenvalue weighted by atomic mass is 9.95. The molecule has 2 rings (SSSR count). The molecule has 0 spiro atoms. The first kappa shape index (κ1) is 14.1. The van der Waals surface area contributed by atoms with Gasteiger partial charge in [0, 0.05) is 13.1 Å². The molecule has 0 aromatic carbocycles. The second-order valence-corrected chi connectivity index (χ2v) is 6.75. The first-order valence-corrected chi connectivity index (χ1v) is 6.58. The number of hydrogen-bond donors (Lipinski definition) is 2. The quantitative estimate of drug-likeness (QED) is 0.748. The van der Waals surface area contributed by atoms with Crippen LogP contribution in [0.1, 0.15) is 40.5 Å². The maximum absolute atomic E-state index is 12.4. The third kappa shape index (κ3) is 2.18. The summed E-state index contributed by atoms with van der Waals surface area (Å²) in [5.74, 6) is -0.964. The van der Waals surface area contributed by atoms with E-state index in [1.807, 2.05) is 6.92 Å². The zero-order chi connectivity index (χ0) is 14.5. The monoisotopic (exact) mass is 270 g/mol. The molecule has 6 nitrogen and oxygen atoms in total. The predicted molar refractivity (Wildman–Crippen MR) is 68.9 cm³/mol. The highest BCUT2D eigenvalue weighted by Gasteiger charge is 2.62. The van der Waals surface area contributed by atoms with Gasteiger partial charge in [-0.2, -0.15) is 0 Å². The Hall–Kier alpha value is -1.30. The number of amides is 1. The third-order valence-corrected chi connectivity index (χ3v) is 3.94. The molecule has 2 heterocycles. The fourth-order valence-electron chi connectivity index (χ4n) is 3.07. The minimum absolute atomic E-state index is 0.275. The molecule has 2 unspecified atom stereocenters. The highest BCUT2D eigenvalue weighted by molar-refractivity contribution is 5.86. The van der Waals surface area contributed by atoms with Crippen LogP contribution in [-0.2, 0) is 9.53 Å². The second kappa shape index (κ2) is 4.10. The molecule has 2 atom stereocenters. The van der Waals surface area contributed by atoms with Gasteiger partial charge in [0.25, 0.3) is 0 Å². The Kier molecular flexibility index (Phi) is 3.04. The van der Waals surface area contributed by atoms with Crippen LogP contribution in [0.5, 0.6) is 0 Å². The number of rotatable bonds is 1. The summed E-state index contributed by atoms with van der Waals surface area (Å²) < 4.78 is 5.39. The molecule has 0 aliphatic carbocycles. The lowest BCUT2D eigenvalue weighted by molar-refractivity contribution is -0.153. The average molecular weight is 270 g/mol. The Morgan fingerprint density at radius 3 is 2.42 bits per heavy atom. The van der Waals surface area contributed by atoms with E-state index in [0.717, 1.165) is 0 Å². The summed E-state index contributed by atoms with van der Waals surface area (Å²) in [6, 6.07) is 0. The Morgan fingerprint density at radius 1 is 1.26 bits per heavy atom. The zero-order valence-corrected chi connectivity index (χ0v) is 11.9. The van der Waals surface area contributed by atoms with Gasteiger partial charge in [-0.05, 0) is 40.5 Å². The second-order valence-electron chi connectivity index (χ2n) is 6.75. The van der Waals surface area contributed by atoms with E-state index in [2.05, 4.69) is 5.32 Å². The number of aliphatic carboxylic acids is 1. The van der Waals surface area contributed by atoms with Gasteiger partial charge in [0.05, 0.1) is 5.54 Å². The maximum atomic E-state index is 12.4. The largest absolute Gasteiger partial charge is 0.479 e. The number of nitrogens with zero attached hydrogens (tertiary/aromatic N) is 1. The lowest BCUT2D eigenvalue weighted by Gasteiger charge is -2.47. The number of ether oxygens (including phenoxy) is 1. The SMILES string of the molecule is CC(C)(C)OC(=O)N1C2(C)CCC1(C(=O)O)CNC2. The van der Waals surface area contributed by atoms with E-state index in [1.54, 1.807) is 20.8 Å². The molecule has 0 radical (unpaired) electrons. The average Bonchev–Trinajstić information content (AvgIpc) is 2.40. The van der Waals surface area contributed by atoms with Gasteiger partial charge in [-0.3, -0.25) is 4.90 Å². The minimum atomic E-state index is -1.17. The van der Waals surface area contributed by atoms with Crippen molar-refractivity contribution >= 4 is 12.1 Å². The molecule has 2 fully saturated rings. The highest BCUT2D eigenvalue weighted by atomic mass is 16.6. The molecule has 0 saturated carbocycles. The number of piperazine rings is 1. The molecule has 2 bridgehead atoms. The minimum Gasteiger partial charge on any atom is -0.479 e. The Balaban J connectivity index is 2.35. The molecule has 19 heavy (non-hydrogen) atoms. The summed E-state index contributed by atoms with van der Waals surface area (Å²) in [6.07, 6.45) is 0.604. The van der Waals surface area contributed by atoms with Crippen molar-refractivity contribution in [1.82, 2.24) is 10.2 Å². The third-order valence-electron chi connectivity index (χ3n) is 3.94. The summed E-state index contributed by atoms with van der Waals surface area (Å²) >= 11 is 0. The molecular formula is C13H22N2O4. The maximum Gasteiger partial charge on any atom is 0.411 e. The number of fused-ring (bicyclic) bond motifs is 2. The first-order valence-electron chi connectivity index (χ1n) is 6.58. The summed E-state index contributed by atoms with van der Waals surface area (Å²) in [5.41, 5.74) is -2.29. The molecule has 2 aliphatic heterocycles. The summed E-state index contributed by atoms with van der Waals surface area (Å²) in [6.45, 7) is 8.13. The van der Waals surface area contributed by atoms with E-state index >= 15 is 0 Å². The van der Waals surface area contributed by atoms with Gasteiger partial charge in [-0.1, -0.05) is 0 Å². The van der Waals surface area contributed by atoms with Crippen LogP contribution in [0.2, 0.25) is 0 Å². The number of carboxylic acid groups (broad SMARTS) is 1. The van der Waals surface area contributed by atoms with Crippen LogP contribution in [0.15, 0.2) is 0 Å². The summed E-state index contributed by atoms with van der Waals surface area (Å²) in [7, 11) is 0. The number of hydrogen-bond acceptors (Lipinski definition) is 4. The zero-order valence-electron chi connectivity index (χ0n) is 11.9. The van der Waals surface area contributed by atoms with Crippen molar-refractivity contribution in [2.75, 3.05) is 13.1 Å². The van der Waals surface area contributed by atoms with E-state index in [1.165, 1.54) is 4.90 Å². The lowest BCUT2D eigenvalue weighted by Crippen LogP contribution is -2.70. The van der Waals surface area contributed by atoms with E-state index < -0.39 is 28.7 Å². The van der Waals surface area contributed by atoms with Crippen molar-refractivity contribution in [2.45, 2.75) is 57.2 Å². The number of carbonyl (C=O) groups is 2. The van der Waals surface area contributed by atoms with Crippen LogP contribution < -0.4 is 5.32 Å². The fourth-order valence-corrected chi connectivity index (χ4v) is 3.07. The van der Waals surface area contributed by atoms with Crippen LogP contribution in [0.25, 0.3) is 0 Å². The molecule has 2 N–H and O–H groups in total. The van der Waals surface area contributed by atoms with E-state index in [4.69, 9.17) is 4.74 Å². The van der Waals surface area contributed by atoms with Crippen molar-refractivity contribution in [2.24, 2.45) is 0 Å².